The Balaban J connectivity index is 2.33. The van der Waals surface area contributed by atoms with E-state index in [1.807, 2.05) is 0 Å². The largest absolute Gasteiger partial charge is 0.495 e. The fourth-order valence-corrected chi connectivity index (χ4v) is 3.14. The highest BCUT2D eigenvalue weighted by molar-refractivity contribution is 7.92. The molecule has 0 fully saturated rings. The Morgan fingerprint density at radius 2 is 1.92 bits per heavy atom. The van der Waals surface area contributed by atoms with E-state index in [1.165, 1.54) is 14.2 Å². The summed E-state index contributed by atoms with van der Waals surface area (Å²) in [7, 11) is -0.469. The lowest BCUT2D eigenvalue weighted by atomic mass is 10.1. The van der Waals surface area contributed by atoms with Crippen LogP contribution in [0.5, 0.6) is 5.75 Å². The maximum absolute atomic E-state index is 12.6. The molecule has 0 atom stereocenters. The first-order valence-electron chi connectivity index (χ1n) is 7.33. The zero-order valence-electron chi connectivity index (χ0n) is 14.3. The molecule has 2 rings (SSSR count). The zero-order valence-corrected chi connectivity index (χ0v) is 15.9. The lowest BCUT2D eigenvalue weighted by molar-refractivity contribution is 0.102. The van der Waals surface area contributed by atoms with Crippen LogP contribution < -0.4 is 14.4 Å². The van der Waals surface area contributed by atoms with E-state index >= 15 is 0 Å². The van der Waals surface area contributed by atoms with Crippen molar-refractivity contribution in [3.63, 3.8) is 0 Å². The van der Waals surface area contributed by atoms with Crippen LogP contribution in [0.3, 0.4) is 0 Å². The first kappa shape index (κ1) is 19.1. The second-order valence-corrected chi connectivity index (χ2v) is 7.90. The summed E-state index contributed by atoms with van der Waals surface area (Å²) < 4.78 is 29.7. The van der Waals surface area contributed by atoms with E-state index in [9.17, 15) is 13.2 Å². The van der Waals surface area contributed by atoms with Gasteiger partial charge >= 0.3 is 0 Å². The minimum Gasteiger partial charge on any atom is -0.495 e. The highest BCUT2D eigenvalue weighted by atomic mass is 35.5. The van der Waals surface area contributed by atoms with Gasteiger partial charge in [-0.15, -0.1) is 0 Å². The number of methoxy groups -OCH3 is 1. The lowest BCUT2D eigenvalue weighted by Gasteiger charge is -2.20. The Morgan fingerprint density at radius 1 is 1.24 bits per heavy atom. The monoisotopic (exact) mass is 382 g/mol. The molecule has 0 spiro atoms. The van der Waals surface area contributed by atoms with Gasteiger partial charge in [0, 0.05) is 18.3 Å². The molecule has 25 heavy (non-hydrogen) atoms. The average molecular weight is 383 g/mol. The third-order valence-corrected chi connectivity index (χ3v) is 5.28. The van der Waals surface area contributed by atoms with Crippen LogP contribution in [0.1, 0.15) is 15.9 Å². The van der Waals surface area contributed by atoms with Gasteiger partial charge in [-0.25, -0.2) is 8.42 Å². The summed E-state index contributed by atoms with van der Waals surface area (Å²) in [5.74, 6) is 0.148. The topological polar surface area (TPSA) is 75.7 Å². The molecule has 0 aromatic heterocycles. The smallest absolute Gasteiger partial charge is 0.256 e. The number of rotatable bonds is 5. The Morgan fingerprint density at radius 3 is 2.48 bits per heavy atom. The Hall–Kier alpha value is -2.25. The number of nitrogens with zero attached hydrogens (tertiary/aromatic N) is 1. The molecule has 1 amide bonds. The molecule has 8 heteroatoms. The molecule has 0 aliphatic carbocycles. The van der Waals surface area contributed by atoms with E-state index in [4.69, 9.17) is 16.3 Å². The number of ether oxygens (including phenoxy) is 1. The SMILES string of the molecule is COc1ccc(NC(=O)c2cccc(N(C)S(C)(=O)=O)c2C)cc1Cl. The normalized spacial score (nSPS) is 11.1. The van der Waals surface area contributed by atoms with E-state index in [0.717, 1.165) is 10.6 Å². The molecule has 0 heterocycles. The van der Waals surface area contributed by atoms with Crippen molar-refractivity contribution in [2.24, 2.45) is 0 Å². The molecule has 134 valence electrons. The average Bonchev–Trinajstić information content (AvgIpc) is 2.53. The standard InChI is InChI=1S/C17H19ClN2O4S/c1-11-13(6-5-7-15(11)20(2)25(4,22)23)17(21)19-12-8-9-16(24-3)14(18)10-12/h5-10H,1-4H3,(H,19,21). The molecule has 2 aromatic carbocycles. The van der Waals surface area contributed by atoms with E-state index < -0.39 is 10.0 Å². The molecule has 0 aliphatic heterocycles. The quantitative estimate of drug-likeness (QED) is 0.860. The summed E-state index contributed by atoms with van der Waals surface area (Å²) in [4.78, 5) is 12.6. The van der Waals surface area contributed by atoms with Crippen LogP contribution >= 0.6 is 11.6 Å². The predicted octanol–water partition coefficient (Wildman–Crippen LogP) is 3.31. The fourth-order valence-electron chi connectivity index (χ4n) is 2.33. The van der Waals surface area contributed by atoms with E-state index in [1.54, 1.807) is 43.3 Å². The predicted molar refractivity (Wildman–Crippen MR) is 100 cm³/mol. The summed E-state index contributed by atoms with van der Waals surface area (Å²) in [6.45, 7) is 1.70. The molecule has 0 saturated heterocycles. The van der Waals surface area contributed by atoms with Crippen molar-refractivity contribution in [1.29, 1.82) is 0 Å². The fraction of sp³-hybridized carbons (Fsp3) is 0.235. The molecule has 6 nitrogen and oxygen atoms in total. The van der Waals surface area contributed by atoms with Crippen molar-refractivity contribution in [3.05, 3.63) is 52.5 Å². The number of carbonyl (C=O) groups excluding carboxylic acids is 1. The first-order valence-corrected chi connectivity index (χ1v) is 9.56. The molecule has 0 unspecified atom stereocenters. The molecular formula is C17H19ClN2O4S. The van der Waals surface area contributed by atoms with Crippen molar-refractivity contribution in [2.75, 3.05) is 30.0 Å². The second kappa shape index (κ2) is 7.33. The van der Waals surface area contributed by atoms with E-state index in [-0.39, 0.29) is 5.91 Å². The summed E-state index contributed by atoms with van der Waals surface area (Å²) in [5, 5.41) is 3.13. The van der Waals surface area contributed by atoms with Gasteiger partial charge in [0.25, 0.3) is 5.91 Å². The van der Waals surface area contributed by atoms with Gasteiger partial charge in [-0.3, -0.25) is 9.10 Å². The Bertz CT molecular complexity index is 913. The zero-order chi connectivity index (χ0) is 18.8. The Labute approximate surface area is 152 Å². The maximum atomic E-state index is 12.6. The number of halogens is 1. The number of amides is 1. The van der Waals surface area contributed by atoms with Crippen molar-refractivity contribution in [3.8, 4) is 5.75 Å². The van der Waals surface area contributed by atoms with Crippen LogP contribution in [0.2, 0.25) is 5.02 Å². The highest BCUT2D eigenvalue weighted by Gasteiger charge is 2.18. The summed E-state index contributed by atoms with van der Waals surface area (Å²) in [5.41, 5.74) is 1.90. The third-order valence-electron chi connectivity index (χ3n) is 3.80. The minimum atomic E-state index is -3.42. The molecule has 0 saturated carbocycles. The number of hydrogen-bond acceptors (Lipinski definition) is 4. The van der Waals surface area contributed by atoms with Crippen molar-refractivity contribution in [2.45, 2.75) is 6.92 Å². The number of nitrogens with one attached hydrogen (secondary N) is 1. The van der Waals surface area contributed by atoms with Crippen molar-refractivity contribution >= 4 is 38.9 Å². The number of anilines is 2. The van der Waals surface area contributed by atoms with E-state index in [2.05, 4.69) is 5.32 Å². The van der Waals surface area contributed by atoms with Crippen LogP contribution in [-0.4, -0.2) is 34.7 Å². The van der Waals surface area contributed by atoms with Gasteiger partial charge in [-0.05, 0) is 42.8 Å². The summed E-state index contributed by atoms with van der Waals surface area (Å²) in [6.07, 6.45) is 1.11. The van der Waals surface area contributed by atoms with Crippen LogP contribution in [0.25, 0.3) is 0 Å². The maximum Gasteiger partial charge on any atom is 0.256 e. The number of sulfonamides is 1. The number of hydrogen-bond donors (Lipinski definition) is 1. The van der Waals surface area contributed by atoms with Gasteiger partial charge in [0.2, 0.25) is 10.0 Å². The number of benzene rings is 2. The number of carbonyl (C=O) groups is 1. The van der Waals surface area contributed by atoms with Gasteiger partial charge in [0.05, 0.1) is 24.1 Å². The van der Waals surface area contributed by atoms with Gasteiger partial charge in [-0.1, -0.05) is 17.7 Å². The minimum absolute atomic E-state index is 0.359. The van der Waals surface area contributed by atoms with Crippen LogP contribution in [0, 0.1) is 6.92 Å². The third kappa shape index (κ3) is 4.24. The first-order chi connectivity index (χ1) is 11.6. The van der Waals surface area contributed by atoms with Gasteiger partial charge in [0.1, 0.15) is 5.75 Å². The van der Waals surface area contributed by atoms with Gasteiger partial charge < -0.3 is 10.1 Å². The van der Waals surface area contributed by atoms with Gasteiger partial charge in [0.15, 0.2) is 0 Å². The lowest BCUT2D eigenvalue weighted by Crippen LogP contribution is -2.26. The highest BCUT2D eigenvalue weighted by Crippen LogP contribution is 2.28. The molecule has 2 aromatic rings. The molecule has 1 N–H and O–H groups in total. The van der Waals surface area contributed by atoms with Gasteiger partial charge in [-0.2, -0.15) is 0 Å². The molecular weight excluding hydrogens is 364 g/mol. The second-order valence-electron chi connectivity index (χ2n) is 5.48. The van der Waals surface area contributed by atoms with E-state index in [0.29, 0.717) is 33.3 Å². The molecule has 0 bridgehead atoms. The molecule has 0 radical (unpaired) electrons. The Kier molecular flexibility index (Phi) is 5.59. The molecule has 0 aliphatic rings. The summed E-state index contributed by atoms with van der Waals surface area (Å²) >= 11 is 6.06. The van der Waals surface area contributed by atoms with Crippen LogP contribution in [0.15, 0.2) is 36.4 Å². The van der Waals surface area contributed by atoms with Crippen molar-refractivity contribution in [1.82, 2.24) is 0 Å². The van der Waals surface area contributed by atoms with Crippen molar-refractivity contribution < 1.29 is 17.9 Å². The van der Waals surface area contributed by atoms with Crippen LogP contribution in [0.4, 0.5) is 11.4 Å². The van der Waals surface area contributed by atoms with Crippen LogP contribution in [-0.2, 0) is 10.0 Å². The summed E-state index contributed by atoms with van der Waals surface area (Å²) in [6, 6.07) is 9.83.